The van der Waals surface area contributed by atoms with Crippen LogP contribution in [0.1, 0.15) is 16.8 Å². The molecule has 6 heteroatoms. The maximum Gasteiger partial charge on any atom is 0.140 e. The summed E-state index contributed by atoms with van der Waals surface area (Å²) in [6.07, 6.45) is 0. The fraction of sp³-hybridized carbons (Fsp3) is 0.231. The average Bonchev–Trinajstić information content (AvgIpc) is 2.69. The van der Waals surface area contributed by atoms with Crippen LogP contribution in [-0.2, 0) is 17.9 Å². The van der Waals surface area contributed by atoms with E-state index in [1.54, 1.807) is 17.9 Å². The zero-order valence-corrected chi connectivity index (χ0v) is 11.2. The Morgan fingerprint density at radius 1 is 1.47 bits per heavy atom. The fourth-order valence-corrected chi connectivity index (χ4v) is 1.99. The van der Waals surface area contributed by atoms with E-state index in [4.69, 9.17) is 27.3 Å². The lowest BCUT2D eigenvalue weighted by molar-refractivity contribution is 0.180. The van der Waals surface area contributed by atoms with E-state index in [9.17, 15) is 0 Å². The highest BCUT2D eigenvalue weighted by molar-refractivity contribution is 6.31. The second kappa shape index (κ2) is 5.74. The largest absolute Gasteiger partial charge is 0.383 e. The molecule has 2 N–H and O–H groups in total. The number of nitrogen functional groups attached to an aromatic ring is 1. The zero-order chi connectivity index (χ0) is 13.8. The normalized spacial score (nSPS) is 10.4. The highest BCUT2D eigenvalue weighted by atomic mass is 35.5. The Hall–Kier alpha value is -2.03. The fourth-order valence-electron chi connectivity index (χ4n) is 1.79. The van der Waals surface area contributed by atoms with Crippen molar-refractivity contribution in [2.75, 3.05) is 12.8 Å². The van der Waals surface area contributed by atoms with E-state index in [2.05, 4.69) is 5.10 Å². The minimum Gasteiger partial charge on any atom is -0.383 e. The number of benzene rings is 1. The van der Waals surface area contributed by atoms with Crippen molar-refractivity contribution in [1.82, 2.24) is 9.78 Å². The van der Waals surface area contributed by atoms with Gasteiger partial charge in [-0.1, -0.05) is 29.8 Å². The van der Waals surface area contributed by atoms with Crippen molar-refractivity contribution >= 4 is 17.4 Å². The molecule has 2 rings (SSSR count). The molecule has 0 bridgehead atoms. The smallest absolute Gasteiger partial charge is 0.140 e. The number of nitrogens with zero attached hydrogens (tertiary/aromatic N) is 3. The van der Waals surface area contributed by atoms with Crippen LogP contribution in [0.2, 0.25) is 5.02 Å². The first kappa shape index (κ1) is 13.4. The lowest BCUT2D eigenvalue weighted by Crippen LogP contribution is -2.07. The minimum atomic E-state index is 0.253. The Bertz CT molecular complexity index is 630. The van der Waals surface area contributed by atoms with Gasteiger partial charge in [-0.2, -0.15) is 10.4 Å². The van der Waals surface area contributed by atoms with E-state index in [-0.39, 0.29) is 6.61 Å². The third-order valence-electron chi connectivity index (χ3n) is 2.74. The topological polar surface area (TPSA) is 76.9 Å². The predicted octanol–water partition coefficient (Wildman–Crippen LogP) is 2.19. The van der Waals surface area contributed by atoms with E-state index in [0.717, 1.165) is 5.56 Å². The number of hydrogen-bond donors (Lipinski definition) is 1. The molecule has 5 nitrogen and oxygen atoms in total. The van der Waals surface area contributed by atoms with Crippen LogP contribution in [0.4, 0.5) is 5.82 Å². The number of anilines is 1. The Morgan fingerprint density at radius 2 is 2.21 bits per heavy atom. The van der Waals surface area contributed by atoms with Crippen molar-refractivity contribution in [2.45, 2.75) is 13.2 Å². The standard InChI is InChI=1S/C13H13ClN4O/c1-19-8-12-10(6-15)13(16)18(17-12)7-9-4-2-3-5-11(9)14/h2-5H,7-8,16H2,1H3. The molecule has 0 aliphatic carbocycles. The van der Waals surface area contributed by atoms with Crippen LogP contribution in [0.15, 0.2) is 24.3 Å². The molecule has 0 saturated heterocycles. The zero-order valence-electron chi connectivity index (χ0n) is 10.4. The second-order valence-corrected chi connectivity index (χ2v) is 4.41. The Kier molecular flexibility index (Phi) is 4.05. The van der Waals surface area contributed by atoms with Crippen LogP contribution in [0, 0.1) is 11.3 Å². The van der Waals surface area contributed by atoms with Crippen molar-refractivity contribution < 1.29 is 4.74 Å². The molecule has 1 heterocycles. The lowest BCUT2D eigenvalue weighted by atomic mass is 10.2. The molecule has 0 unspecified atom stereocenters. The molecule has 98 valence electrons. The summed E-state index contributed by atoms with van der Waals surface area (Å²) in [6, 6.07) is 9.49. The molecule has 0 aliphatic heterocycles. The predicted molar refractivity (Wildman–Crippen MR) is 72.6 cm³/mol. The van der Waals surface area contributed by atoms with E-state index in [1.165, 1.54) is 0 Å². The van der Waals surface area contributed by atoms with E-state index < -0.39 is 0 Å². The lowest BCUT2D eigenvalue weighted by Gasteiger charge is -2.05. The first-order chi connectivity index (χ1) is 9.17. The summed E-state index contributed by atoms with van der Waals surface area (Å²) >= 11 is 6.10. The van der Waals surface area contributed by atoms with Gasteiger partial charge in [0.2, 0.25) is 0 Å². The van der Waals surface area contributed by atoms with Crippen molar-refractivity contribution in [3.05, 3.63) is 46.1 Å². The number of aromatic nitrogens is 2. The maximum absolute atomic E-state index is 9.09. The number of halogens is 1. The molecule has 0 fully saturated rings. The highest BCUT2D eigenvalue weighted by Crippen LogP contribution is 2.21. The first-order valence-corrected chi connectivity index (χ1v) is 6.02. The molecule has 0 radical (unpaired) electrons. The Labute approximate surface area is 116 Å². The highest BCUT2D eigenvalue weighted by Gasteiger charge is 2.15. The molecule has 2 aromatic rings. The summed E-state index contributed by atoms with van der Waals surface area (Å²) in [5.74, 6) is 0.328. The quantitative estimate of drug-likeness (QED) is 0.928. The number of nitriles is 1. The van der Waals surface area contributed by atoms with Gasteiger partial charge in [0.15, 0.2) is 0 Å². The van der Waals surface area contributed by atoms with Gasteiger partial charge in [0, 0.05) is 12.1 Å². The molecular weight excluding hydrogens is 264 g/mol. The van der Waals surface area contributed by atoms with E-state index >= 15 is 0 Å². The van der Waals surface area contributed by atoms with Crippen LogP contribution in [0.25, 0.3) is 0 Å². The third-order valence-corrected chi connectivity index (χ3v) is 3.10. The average molecular weight is 277 g/mol. The van der Waals surface area contributed by atoms with Crippen molar-refractivity contribution in [2.24, 2.45) is 0 Å². The van der Waals surface area contributed by atoms with Crippen LogP contribution >= 0.6 is 11.6 Å². The van der Waals surface area contributed by atoms with E-state index in [1.807, 2.05) is 24.3 Å². The summed E-state index contributed by atoms with van der Waals surface area (Å²) in [5, 5.41) is 14.0. The molecule has 19 heavy (non-hydrogen) atoms. The number of hydrogen-bond acceptors (Lipinski definition) is 4. The SMILES string of the molecule is COCc1nn(Cc2ccccc2Cl)c(N)c1C#N. The number of rotatable bonds is 4. The van der Waals surface area contributed by atoms with Crippen molar-refractivity contribution in [3.8, 4) is 6.07 Å². The van der Waals surface area contributed by atoms with Gasteiger partial charge in [0.05, 0.1) is 13.2 Å². The molecule has 0 atom stereocenters. The summed E-state index contributed by atoms with van der Waals surface area (Å²) in [7, 11) is 1.55. The van der Waals surface area contributed by atoms with Gasteiger partial charge in [-0.05, 0) is 11.6 Å². The molecule has 0 aliphatic rings. The molecule has 1 aromatic carbocycles. The van der Waals surface area contributed by atoms with Gasteiger partial charge in [-0.25, -0.2) is 4.68 Å². The summed E-state index contributed by atoms with van der Waals surface area (Å²) in [5.41, 5.74) is 7.71. The molecule has 1 aromatic heterocycles. The van der Waals surface area contributed by atoms with Gasteiger partial charge in [0.25, 0.3) is 0 Å². The van der Waals surface area contributed by atoms with E-state index in [0.29, 0.717) is 28.6 Å². The summed E-state index contributed by atoms with van der Waals surface area (Å²) < 4.78 is 6.57. The van der Waals surface area contributed by atoms with Gasteiger partial charge >= 0.3 is 0 Å². The molecule has 0 saturated carbocycles. The summed E-state index contributed by atoms with van der Waals surface area (Å²) in [6.45, 7) is 0.673. The third kappa shape index (κ3) is 2.70. The first-order valence-electron chi connectivity index (χ1n) is 5.65. The van der Waals surface area contributed by atoms with Gasteiger partial charge in [-0.15, -0.1) is 0 Å². The van der Waals surface area contributed by atoms with Crippen molar-refractivity contribution in [1.29, 1.82) is 5.26 Å². The molecule has 0 amide bonds. The second-order valence-electron chi connectivity index (χ2n) is 4.00. The minimum absolute atomic E-state index is 0.253. The van der Waals surface area contributed by atoms with Crippen LogP contribution < -0.4 is 5.73 Å². The monoisotopic (exact) mass is 276 g/mol. The van der Waals surface area contributed by atoms with Crippen LogP contribution in [-0.4, -0.2) is 16.9 Å². The Balaban J connectivity index is 2.36. The van der Waals surface area contributed by atoms with Crippen LogP contribution in [0.5, 0.6) is 0 Å². The number of methoxy groups -OCH3 is 1. The Morgan fingerprint density at radius 3 is 2.84 bits per heavy atom. The van der Waals surface area contributed by atoms with Gasteiger partial charge in [-0.3, -0.25) is 0 Å². The summed E-state index contributed by atoms with van der Waals surface area (Å²) in [4.78, 5) is 0. The van der Waals surface area contributed by atoms with Gasteiger partial charge < -0.3 is 10.5 Å². The van der Waals surface area contributed by atoms with Crippen molar-refractivity contribution in [3.63, 3.8) is 0 Å². The number of ether oxygens (including phenoxy) is 1. The maximum atomic E-state index is 9.09. The molecule has 0 spiro atoms. The van der Waals surface area contributed by atoms with Gasteiger partial charge in [0.1, 0.15) is 23.1 Å². The molecular formula is C13H13ClN4O. The van der Waals surface area contributed by atoms with Crippen LogP contribution in [0.3, 0.4) is 0 Å². The number of nitrogens with two attached hydrogens (primary N) is 1.